The SMILES string of the molecule is Cc1ccc(C#N)cc1-c1c2ccc(=S)cc-2sc2cc(S)ccc12. The van der Waals surface area contributed by atoms with Gasteiger partial charge >= 0.3 is 0 Å². The maximum Gasteiger partial charge on any atom is 0.0991 e. The van der Waals surface area contributed by atoms with Gasteiger partial charge in [0.05, 0.1) is 11.6 Å². The highest BCUT2D eigenvalue weighted by Gasteiger charge is 2.17. The molecule has 0 aromatic heterocycles. The molecule has 0 saturated carbocycles. The molecule has 4 heteroatoms. The minimum absolute atomic E-state index is 0.667. The van der Waals surface area contributed by atoms with Gasteiger partial charge in [-0.1, -0.05) is 30.4 Å². The highest BCUT2D eigenvalue weighted by molar-refractivity contribution is 7.80. The lowest BCUT2D eigenvalue weighted by Crippen LogP contribution is -1.92. The lowest BCUT2D eigenvalue weighted by atomic mass is 9.91. The number of aryl methyl sites for hydroxylation is 1. The van der Waals surface area contributed by atoms with E-state index in [-0.39, 0.29) is 0 Å². The lowest BCUT2D eigenvalue weighted by molar-refractivity contribution is 1.43. The van der Waals surface area contributed by atoms with Crippen LogP contribution in [0, 0.1) is 22.8 Å². The first kappa shape index (κ1) is 16.3. The van der Waals surface area contributed by atoms with E-state index in [1.165, 1.54) is 5.39 Å². The topological polar surface area (TPSA) is 23.8 Å². The van der Waals surface area contributed by atoms with E-state index in [4.69, 9.17) is 12.2 Å². The van der Waals surface area contributed by atoms with Gasteiger partial charge < -0.3 is 0 Å². The van der Waals surface area contributed by atoms with Crippen LogP contribution in [-0.2, 0) is 0 Å². The van der Waals surface area contributed by atoms with Gasteiger partial charge in [0.15, 0.2) is 0 Å². The summed E-state index contributed by atoms with van der Waals surface area (Å²) in [5.41, 5.74) is 5.22. The van der Waals surface area contributed by atoms with E-state index < -0.39 is 0 Å². The first-order chi connectivity index (χ1) is 12.1. The van der Waals surface area contributed by atoms with Gasteiger partial charge in [0.1, 0.15) is 0 Å². The minimum Gasteiger partial charge on any atom is -0.192 e. The van der Waals surface area contributed by atoms with E-state index in [2.05, 4.69) is 43.8 Å². The molecule has 120 valence electrons. The second-order valence-corrected chi connectivity index (χ2v) is 8.03. The predicted molar refractivity (Wildman–Crippen MR) is 111 cm³/mol. The van der Waals surface area contributed by atoms with Crippen molar-refractivity contribution in [1.29, 1.82) is 5.26 Å². The zero-order valence-electron chi connectivity index (χ0n) is 13.4. The van der Waals surface area contributed by atoms with Crippen molar-refractivity contribution in [2.45, 2.75) is 11.8 Å². The third-order valence-corrected chi connectivity index (χ3v) is 5.96. The van der Waals surface area contributed by atoms with Crippen LogP contribution in [0.4, 0.5) is 0 Å². The molecule has 0 amide bonds. The molecular weight excluding hydrogens is 362 g/mol. The Hall–Kier alpha value is -2.19. The Morgan fingerprint density at radius 3 is 2.64 bits per heavy atom. The summed E-state index contributed by atoms with van der Waals surface area (Å²) in [5.74, 6) is 0. The number of hydrogen-bond donors (Lipinski definition) is 1. The van der Waals surface area contributed by atoms with Gasteiger partial charge in [-0.3, -0.25) is 0 Å². The number of rotatable bonds is 1. The van der Waals surface area contributed by atoms with Gasteiger partial charge in [0.2, 0.25) is 0 Å². The second kappa shape index (κ2) is 6.27. The summed E-state index contributed by atoms with van der Waals surface area (Å²) in [7, 11) is 0. The fourth-order valence-corrected chi connectivity index (χ4v) is 4.83. The Bertz CT molecular complexity index is 1200. The first-order valence-electron chi connectivity index (χ1n) is 7.77. The number of nitriles is 1. The molecule has 1 heterocycles. The zero-order chi connectivity index (χ0) is 17.6. The summed E-state index contributed by atoms with van der Waals surface area (Å²) < 4.78 is 2.00. The van der Waals surface area contributed by atoms with E-state index in [0.29, 0.717) is 5.56 Å². The van der Waals surface area contributed by atoms with Gasteiger partial charge in [-0.15, -0.1) is 24.0 Å². The summed E-state index contributed by atoms with van der Waals surface area (Å²) in [6, 6.07) is 20.4. The van der Waals surface area contributed by atoms with Crippen molar-refractivity contribution in [2.24, 2.45) is 0 Å². The van der Waals surface area contributed by atoms with Crippen LogP contribution in [0.2, 0.25) is 0 Å². The minimum atomic E-state index is 0.667. The summed E-state index contributed by atoms with van der Waals surface area (Å²) in [5, 5.41) is 10.5. The molecule has 0 spiro atoms. The molecule has 2 aliphatic rings. The van der Waals surface area contributed by atoms with Crippen molar-refractivity contribution in [2.75, 3.05) is 0 Å². The number of hydrogen-bond acceptors (Lipinski definition) is 4. The maximum absolute atomic E-state index is 9.33. The predicted octanol–water partition coefficient (Wildman–Crippen LogP) is 6.87. The number of benzene rings is 3. The van der Waals surface area contributed by atoms with Crippen molar-refractivity contribution >= 4 is 46.3 Å². The maximum atomic E-state index is 9.33. The molecule has 25 heavy (non-hydrogen) atoms. The first-order valence-corrected chi connectivity index (χ1v) is 9.45. The lowest BCUT2D eigenvalue weighted by Gasteiger charge is -2.17. The quantitative estimate of drug-likeness (QED) is 0.223. The normalized spacial score (nSPS) is 10.9. The molecule has 2 aromatic rings. The van der Waals surface area contributed by atoms with E-state index >= 15 is 0 Å². The Morgan fingerprint density at radius 1 is 1.00 bits per heavy atom. The van der Waals surface area contributed by atoms with Crippen molar-refractivity contribution in [3.05, 3.63) is 70.2 Å². The van der Waals surface area contributed by atoms with Crippen LogP contribution in [0.5, 0.6) is 0 Å². The molecular formula is C21H13NS3. The molecule has 0 unspecified atom stereocenters. The third-order valence-electron chi connectivity index (χ3n) is 4.31. The van der Waals surface area contributed by atoms with E-state index in [1.54, 1.807) is 11.3 Å². The smallest absolute Gasteiger partial charge is 0.0991 e. The van der Waals surface area contributed by atoms with E-state index in [0.717, 1.165) is 41.2 Å². The van der Waals surface area contributed by atoms with Crippen molar-refractivity contribution in [3.8, 4) is 27.6 Å². The largest absolute Gasteiger partial charge is 0.192 e. The zero-order valence-corrected chi connectivity index (χ0v) is 15.9. The van der Waals surface area contributed by atoms with Crippen LogP contribution in [0.1, 0.15) is 11.1 Å². The van der Waals surface area contributed by atoms with Crippen LogP contribution in [0.15, 0.2) is 59.5 Å². The van der Waals surface area contributed by atoms with Crippen LogP contribution in [0.3, 0.4) is 0 Å². The Kier molecular flexibility index (Phi) is 4.09. The highest BCUT2D eigenvalue weighted by Crippen LogP contribution is 2.44. The van der Waals surface area contributed by atoms with E-state index in [1.807, 2.05) is 36.4 Å². The standard InChI is InChI=1S/C21H13NS3/c1-12-2-3-13(11-22)8-18(12)21-16-6-4-14(23)9-19(16)25-20-10-15(24)5-7-17(20)21/h2-10,23H,1H3. The van der Waals surface area contributed by atoms with Crippen molar-refractivity contribution < 1.29 is 0 Å². The molecule has 0 fully saturated rings. The van der Waals surface area contributed by atoms with Gasteiger partial charge in [-0.05, 0) is 60.0 Å². The average Bonchev–Trinajstić information content (AvgIpc) is 2.60. The van der Waals surface area contributed by atoms with Crippen LogP contribution in [0.25, 0.3) is 31.7 Å². The van der Waals surface area contributed by atoms with Gasteiger partial charge in [-0.25, -0.2) is 0 Å². The number of nitrogens with zero attached hydrogens (tertiary/aromatic N) is 1. The second-order valence-electron chi connectivity index (χ2n) is 5.96. The summed E-state index contributed by atoms with van der Waals surface area (Å²) >= 11 is 11.6. The van der Waals surface area contributed by atoms with Crippen LogP contribution >= 0.6 is 36.2 Å². The van der Waals surface area contributed by atoms with Crippen LogP contribution in [-0.4, -0.2) is 0 Å². The highest BCUT2D eigenvalue weighted by atomic mass is 32.1. The molecule has 0 bridgehead atoms. The monoisotopic (exact) mass is 375 g/mol. The van der Waals surface area contributed by atoms with Crippen LogP contribution < -0.4 is 0 Å². The third kappa shape index (κ3) is 2.85. The molecule has 0 saturated heterocycles. The van der Waals surface area contributed by atoms with Gasteiger partial charge in [-0.2, -0.15) is 5.26 Å². The molecule has 2 aromatic carbocycles. The molecule has 0 N–H and O–H groups in total. The van der Waals surface area contributed by atoms with Crippen molar-refractivity contribution in [1.82, 2.24) is 0 Å². The fourth-order valence-electron chi connectivity index (χ4n) is 3.11. The van der Waals surface area contributed by atoms with Gasteiger partial charge in [0, 0.05) is 29.9 Å². The molecule has 4 rings (SSSR count). The average molecular weight is 376 g/mol. The molecule has 0 atom stereocenters. The summed E-state index contributed by atoms with van der Waals surface area (Å²) in [4.78, 5) is 2.08. The van der Waals surface area contributed by atoms with Gasteiger partial charge in [0.25, 0.3) is 0 Å². The summed E-state index contributed by atoms with van der Waals surface area (Å²) in [6.45, 7) is 2.08. The Balaban J connectivity index is 2.22. The molecule has 0 radical (unpaired) electrons. The molecule has 1 aliphatic heterocycles. The fraction of sp³-hybridized carbons (Fsp3) is 0.0476. The molecule has 1 aliphatic carbocycles. The number of fused-ring (bicyclic) bond motifs is 2. The van der Waals surface area contributed by atoms with E-state index in [9.17, 15) is 5.26 Å². The number of thiol groups is 1. The van der Waals surface area contributed by atoms with Crippen molar-refractivity contribution in [3.63, 3.8) is 0 Å². The summed E-state index contributed by atoms with van der Waals surface area (Å²) in [6.07, 6.45) is 0. The Morgan fingerprint density at radius 2 is 1.84 bits per heavy atom. The molecule has 1 nitrogen and oxygen atoms in total. The Labute approximate surface area is 160 Å².